The monoisotopic (exact) mass is 275 g/mol. The van der Waals surface area contributed by atoms with Gasteiger partial charge in [-0.15, -0.1) is 0 Å². The third kappa shape index (κ3) is 3.25. The summed E-state index contributed by atoms with van der Waals surface area (Å²) >= 11 is 0. The van der Waals surface area contributed by atoms with Crippen LogP contribution in [-0.4, -0.2) is 26.5 Å². The fourth-order valence-electron chi connectivity index (χ4n) is 2.70. The number of aryl methyl sites for hydroxylation is 1. The first-order valence-electron chi connectivity index (χ1n) is 7.35. The highest BCUT2D eigenvalue weighted by Gasteiger charge is 2.17. The summed E-state index contributed by atoms with van der Waals surface area (Å²) < 4.78 is 7.20. The highest BCUT2D eigenvalue weighted by molar-refractivity contribution is 5.00. The van der Waals surface area contributed by atoms with Crippen molar-refractivity contribution in [2.45, 2.75) is 51.6 Å². The highest BCUT2D eigenvalue weighted by atomic mass is 16.5. The highest BCUT2D eigenvalue weighted by Crippen LogP contribution is 2.28. The van der Waals surface area contributed by atoms with Crippen molar-refractivity contribution in [2.24, 2.45) is 0 Å². The molecule has 6 nitrogen and oxygen atoms in total. The lowest BCUT2D eigenvalue weighted by molar-refractivity contribution is 0.372. The molecule has 1 saturated carbocycles. The molecule has 6 heteroatoms. The summed E-state index contributed by atoms with van der Waals surface area (Å²) in [4.78, 5) is 4.17. The number of aromatic nitrogens is 4. The summed E-state index contributed by atoms with van der Waals surface area (Å²) in [7, 11) is 0. The van der Waals surface area contributed by atoms with Gasteiger partial charge in [-0.25, -0.2) is 0 Å². The Labute approximate surface area is 118 Å². The van der Waals surface area contributed by atoms with E-state index in [4.69, 9.17) is 4.52 Å². The van der Waals surface area contributed by atoms with Crippen LogP contribution in [0.2, 0.25) is 0 Å². The summed E-state index contributed by atoms with van der Waals surface area (Å²) in [5, 5.41) is 11.8. The minimum absolute atomic E-state index is 0.616. The second-order valence-corrected chi connectivity index (χ2v) is 5.39. The van der Waals surface area contributed by atoms with Gasteiger partial charge in [0.15, 0.2) is 5.82 Å². The molecule has 0 atom stereocenters. The molecule has 0 unspecified atom stereocenters. The van der Waals surface area contributed by atoms with E-state index in [1.165, 1.54) is 25.7 Å². The van der Waals surface area contributed by atoms with E-state index in [9.17, 15) is 0 Å². The van der Waals surface area contributed by atoms with E-state index in [-0.39, 0.29) is 0 Å². The van der Waals surface area contributed by atoms with E-state index >= 15 is 0 Å². The van der Waals surface area contributed by atoms with Crippen molar-refractivity contribution in [2.75, 3.05) is 6.54 Å². The van der Waals surface area contributed by atoms with E-state index < -0.39 is 0 Å². The summed E-state index contributed by atoms with van der Waals surface area (Å²) in [5.41, 5.74) is 1.10. The molecule has 0 spiro atoms. The van der Waals surface area contributed by atoms with Gasteiger partial charge in [0.2, 0.25) is 5.89 Å². The largest absolute Gasteiger partial charge is 0.339 e. The van der Waals surface area contributed by atoms with Crippen molar-refractivity contribution in [3.63, 3.8) is 0 Å². The molecule has 2 heterocycles. The van der Waals surface area contributed by atoms with Crippen molar-refractivity contribution < 1.29 is 4.52 Å². The molecule has 1 fully saturated rings. The van der Waals surface area contributed by atoms with E-state index in [0.717, 1.165) is 25.2 Å². The number of hydrogen-bond donors (Lipinski definition) is 1. The molecule has 0 aromatic carbocycles. The van der Waals surface area contributed by atoms with Gasteiger partial charge >= 0.3 is 0 Å². The van der Waals surface area contributed by atoms with Crippen molar-refractivity contribution in [1.29, 1.82) is 0 Å². The average molecular weight is 275 g/mol. The lowest BCUT2D eigenvalue weighted by Crippen LogP contribution is -2.17. The van der Waals surface area contributed by atoms with Gasteiger partial charge in [-0.3, -0.25) is 4.68 Å². The maximum atomic E-state index is 5.07. The van der Waals surface area contributed by atoms with Crippen LogP contribution in [0.1, 0.15) is 49.1 Å². The molecule has 0 radical (unpaired) electrons. The zero-order valence-corrected chi connectivity index (χ0v) is 11.9. The Morgan fingerprint density at radius 2 is 2.25 bits per heavy atom. The Kier molecular flexibility index (Phi) is 4.11. The van der Waals surface area contributed by atoms with Crippen LogP contribution in [-0.2, 0) is 13.0 Å². The van der Waals surface area contributed by atoms with Gasteiger partial charge in [-0.05, 0) is 25.8 Å². The molecule has 3 rings (SSSR count). The summed E-state index contributed by atoms with van der Waals surface area (Å²) in [6, 6.07) is 2.72. The number of nitrogens with one attached hydrogen (secondary N) is 1. The van der Waals surface area contributed by atoms with E-state index in [1.54, 1.807) is 0 Å². The average Bonchev–Trinajstić information content (AvgIpc) is 3.16. The molecule has 108 valence electrons. The summed E-state index contributed by atoms with van der Waals surface area (Å²) in [6.07, 6.45) is 8.07. The molecule has 20 heavy (non-hydrogen) atoms. The number of nitrogens with zero attached hydrogens (tertiary/aromatic N) is 4. The zero-order valence-electron chi connectivity index (χ0n) is 11.9. The van der Waals surface area contributed by atoms with Crippen LogP contribution in [0.4, 0.5) is 0 Å². The summed E-state index contributed by atoms with van der Waals surface area (Å²) in [6.45, 7) is 3.43. The predicted molar refractivity (Wildman–Crippen MR) is 74.2 cm³/mol. The van der Waals surface area contributed by atoms with Gasteiger partial charge in [0, 0.05) is 25.7 Å². The second-order valence-electron chi connectivity index (χ2n) is 5.39. The summed E-state index contributed by atoms with van der Waals surface area (Å²) in [5.74, 6) is 1.38. The van der Waals surface area contributed by atoms with Crippen LogP contribution < -0.4 is 5.32 Å². The van der Waals surface area contributed by atoms with Crippen molar-refractivity contribution in [3.8, 4) is 0 Å². The number of hydrogen-bond acceptors (Lipinski definition) is 5. The molecule has 1 N–H and O–H groups in total. The second kappa shape index (κ2) is 6.17. The Balaban J connectivity index is 1.42. The van der Waals surface area contributed by atoms with E-state index in [2.05, 4.69) is 37.5 Å². The molecular formula is C14H21N5O. The third-order valence-corrected chi connectivity index (χ3v) is 3.75. The lowest BCUT2D eigenvalue weighted by Gasteiger charge is -2.08. The first-order valence-corrected chi connectivity index (χ1v) is 7.35. The Bertz CT molecular complexity index is 541. The molecule has 0 bridgehead atoms. The van der Waals surface area contributed by atoms with Gasteiger partial charge in [0.25, 0.3) is 0 Å². The van der Waals surface area contributed by atoms with Crippen molar-refractivity contribution >= 4 is 0 Å². The molecule has 1 aliphatic rings. The molecule has 0 aliphatic heterocycles. The van der Waals surface area contributed by atoms with Crippen molar-refractivity contribution in [3.05, 3.63) is 29.7 Å². The first kappa shape index (κ1) is 13.3. The van der Waals surface area contributed by atoms with Crippen LogP contribution in [0.3, 0.4) is 0 Å². The maximum Gasteiger partial charge on any atom is 0.227 e. The number of rotatable bonds is 6. The van der Waals surface area contributed by atoms with Crippen LogP contribution in [0.25, 0.3) is 0 Å². The maximum absolute atomic E-state index is 5.07. The predicted octanol–water partition coefficient (Wildman–Crippen LogP) is 2.02. The molecule has 0 saturated heterocycles. The van der Waals surface area contributed by atoms with Gasteiger partial charge in [-0.1, -0.05) is 18.0 Å². The van der Waals surface area contributed by atoms with E-state index in [1.807, 2.05) is 6.92 Å². The Hall–Kier alpha value is -1.69. The van der Waals surface area contributed by atoms with Gasteiger partial charge in [0.05, 0.1) is 11.7 Å². The normalized spacial score (nSPS) is 16.1. The molecule has 2 aromatic rings. The zero-order chi connectivity index (χ0) is 13.8. The van der Waals surface area contributed by atoms with Crippen LogP contribution in [0.15, 0.2) is 16.8 Å². The fraction of sp³-hybridized carbons (Fsp3) is 0.643. The van der Waals surface area contributed by atoms with Gasteiger partial charge < -0.3 is 9.84 Å². The SMILES string of the molecule is Cc1noc(CCNCc2ccn(C3CCCC3)n2)n1. The standard InChI is InChI=1S/C14H21N5O/c1-11-16-14(20-18-11)6-8-15-10-12-7-9-19(17-12)13-4-2-3-5-13/h7,9,13,15H,2-6,8,10H2,1H3. The Morgan fingerprint density at radius 1 is 1.40 bits per heavy atom. The Morgan fingerprint density at radius 3 is 3.00 bits per heavy atom. The topological polar surface area (TPSA) is 68.8 Å². The molecule has 1 aliphatic carbocycles. The quantitative estimate of drug-likeness (QED) is 0.817. The lowest BCUT2D eigenvalue weighted by atomic mass is 10.3. The third-order valence-electron chi connectivity index (χ3n) is 3.75. The molecular weight excluding hydrogens is 254 g/mol. The van der Waals surface area contributed by atoms with Crippen LogP contribution >= 0.6 is 0 Å². The van der Waals surface area contributed by atoms with Crippen molar-refractivity contribution in [1.82, 2.24) is 25.2 Å². The minimum atomic E-state index is 0.616. The minimum Gasteiger partial charge on any atom is -0.339 e. The molecule has 2 aromatic heterocycles. The smallest absolute Gasteiger partial charge is 0.227 e. The van der Waals surface area contributed by atoms with Gasteiger partial charge in [0.1, 0.15) is 0 Å². The van der Waals surface area contributed by atoms with Crippen LogP contribution in [0, 0.1) is 6.92 Å². The van der Waals surface area contributed by atoms with E-state index in [0.29, 0.717) is 17.8 Å². The molecule has 0 amide bonds. The van der Waals surface area contributed by atoms with Crippen LogP contribution in [0.5, 0.6) is 0 Å². The van der Waals surface area contributed by atoms with Gasteiger partial charge in [-0.2, -0.15) is 10.1 Å². The fourth-order valence-corrected chi connectivity index (χ4v) is 2.70. The first-order chi connectivity index (χ1) is 9.81.